The topological polar surface area (TPSA) is 37.3 Å². The molecule has 178 valence electrons. The van der Waals surface area contributed by atoms with E-state index in [1.165, 1.54) is 52.8 Å². The Hall–Kier alpha value is -3.16. The fourth-order valence-corrected chi connectivity index (χ4v) is 6.74. The van der Waals surface area contributed by atoms with Gasteiger partial charge in [-0.3, -0.25) is 0 Å². The van der Waals surface area contributed by atoms with E-state index in [1.807, 2.05) is 18.3 Å². The highest BCUT2D eigenvalue weighted by atomic mass is 35.5. The van der Waals surface area contributed by atoms with Crippen molar-refractivity contribution in [2.24, 2.45) is 0 Å². The molecule has 4 nitrogen and oxygen atoms in total. The molecule has 1 atom stereocenters. The van der Waals surface area contributed by atoms with E-state index in [4.69, 9.17) is 11.6 Å². The van der Waals surface area contributed by atoms with Crippen LogP contribution in [-0.2, 0) is 19.4 Å². The lowest BCUT2D eigenvalue weighted by Gasteiger charge is -2.31. The monoisotopic (exact) mass is 509 g/mol. The van der Waals surface area contributed by atoms with Gasteiger partial charge in [0.2, 0.25) is 0 Å². The second kappa shape index (κ2) is 8.81. The first-order valence-electron chi connectivity index (χ1n) is 11.6. The lowest BCUT2D eigenvalue weighted by atomic mass is 9.95. The fourth-order valence-electron chi connectivity index (χ4n) is 5.15. The van der Waals surface area contributed by atoms with E-state index < -0.39 is 11.9 Å². The Morgan fingerprint density at radius 1 is 1.03 bits per heavy atom. The van der Waals surface area contributed by atoms with Gasteiger partial charge >= 0.3 is 6.03 Å². The predicted octanol–water partition coefficient (Wildman–Crippen LogP) is 7.49. The molecular weight excluding hydrogens is 488 g/mol. The minimum absolute atomic E-state index is 0.0585. The van der Waals surface area contributed by atoms with Crippen molar-refractivity contribution in [2.45, 2.75) is 38.3 Å². The average Bonchev–Trinajstić information content (AvgIpc) is 3.44. The largest absolute Gasteiger partial charge is 0.322 e. The van der Waals surface area contributed by atoms with Gasteiger partial charge in [-0.15, -0.1) is 11.3 Å². The van der Waals surface area contributed by atoms with Gasteiger partial charge in [0, 0.05) is 22.3 Å². The van der Waals surface area contributed by atoms with Crippen molar-refractivity contribution in [2.75, 3.05) is 5.32 Å². The van der Waals surface area contributed by atoms with Crippen molar-refractivity contribution in [3.8, 4) is 5.00 Å². The Kier molecular flexibility index (Phi) is 5.61. The summed E-state index contributed by atoms with van der Waals surface area (Å²) in [6.07, 6.45) is 6.41. The van der Waals surface area contributed by atoms with Crippen molar-refractivity contribution in [3.05, 3.63) is 105 Å². The first-order chi connectivity index (χ1) is 17.0. The van der Waals surface area contributed by atoms with Crippen LogP contribution in [0.25, 0.3) is 5.00 Å². The van der Waals surface area contributed by atoms with Crippen LogP contribution in [0.2, 0.25) is 5.02 Å². The number of fused-ring (bicyclic) bond motifs is 5. The van der Waals surface area contributed by atoms with Gasteiger partial charge in [-0.25, -0.2) is 13.6 Å². The molecule has 1 aliphatic heterocycles. The standard InChI is InChI=1S/C27H22ClF2N3OS/c28-21-14-18(11-12-22(21)30)31-27(34)33-15-20-19-4-1-2-6-24(19)35-26(20)32-13-3-5-23(32)25(33)16-7-9-17(29)10-8-16/h3,5,7-14,25H,1-2,4,6,15H2,(H,31,34). The Morgan fingerprint density at radius 2 is 1.83 bits per heavy atom. The summed E-state index contributed by atoms with van der Waals surface area (Å²) in [5, 5.41) is 3.98. The number of anilines is 1. The Labute approximate surface area is 210 Å². The van der Waals surface area contributed by atoms with Crippen LogP contribution in [0.4, 0.5) is 19.3 Å². The second-order valence-corrected chi connectivity index (χ2v) is 10.4. The van der Waals surface area contributed by atoms with Crippen molar-refractivity contribution < 1.29 is 13.6 Å². The summed E-state index contributed by atoms with van der Waals surface area (Å²) in [6.45, 7) is 0.408. The third kappa shape index (κ3) is 3.93. The van der Waals surface area contributed by atoms with E-state index >= 15 is 0 Å². The maximum absolute atomic E-state index is 13.8. The first-order valence-corrected chi connectivity index (χ1v) is 12.8. The fraction of sp³-hybridized carbons (Fsp3) is 0.222. The normalized spacial score (nSPS) is 16.8. The molecule has 0 bridgehead atoms. The number of carbonyl (C=O) groups excluding carboxylic acids is 1. The van der Waals surface area contributed by atoms with E-state index in [9.17, 15) is 13.6 Å². The molecule has 1 N–H and O–H groups in total. The van der Waals surface area contributed by atoms with Crippen molar-refractivity contribution in [1.82, 2.24) is 9.47 Å². The van der Waals surface area contributed by atoms with Crippen LogP contribution in [0.15, 0.2) is 60.8 Å². The lowest BCUT2D eigenvalue weighted by Crippen LogP contribution is -2.38. The molecule has 0 radical (unpaired) electrons. The Morgan fingerprint density at radius 3 is 2.63 bits per heavy atom. The van der Waals surface area contributed by atoms with Gasteiger partial charge in [0.1, 0.15) is 16.6 Å². The number of urea groups is 1. The number of hydrogen-bond donors (Lipinski definition) is 1. The summed E-state index contributed by atoms with van der Waals surface area (Å²) in [6, 6.07) is 13.6. The molecule has 2 aliphatic rings. The molecule has 3 heterocycles. The summed E-state index contributed by atoms with van der Waals surface area (Å²) in [5.41, 5.74) is 4.66. The zero-order chi connectivity index (χ0) is 24.1. The van der Waals surface area contributed by atoms with Crippen molar-refractivity contribution >= 4 is 34.7 Å². The smallest absolute Gasteiger partial charge is 0.310 e. The molecule has 0 spiro atoms. The van der Waals surface area contributed by atoms with Crippen LogP contribution in [-0.4, -0.2) is 15.5 Å². The van der Waals surface area contributed by atoms with Gasteiger partial charge in [0.05, 0.1) is 23.3 Å². The second-order valence-electron chi connectivity index (χ2n) is 8.94. The van der Waals surface area contributed by atoms with Crippen LogP contribution < -0.4 is 5.32 Å². The van der Waals surface area contributed by atoms with Gasteiger partial charge in [-0.05, 0) is 79.3 Å². The van der Waals surface area contributed by atoms with E-state index in [0.29, 0.717) is 12.2 Å². The number of nitrogens with zero attached hydrogens (tertiary/aromatic N) is 2. The van der Waals surface area contributed by atoms with Gasteiger partial charge in [-0.2, -0.15) is 0 Å². The van der Waals surface area contributed by atoms with Crippen LogP contribution in [0.3, 0.4) is 0 Å². The molecule has 1 aliphatic carbocycles. The summed E-state index contributed by atoms with van der Waals surface area (Å²) in [7, 11) is 0. The number of hydrogen-bond acceptors (Lipinski definition) is 2. The predicted molar refractivity (Wildman–Crippen MR) is 135 cm³/mol. The molecule has 35 heavy (non-hydrogen) atoms. The van der Waals surface area contributed by atoms with E-state index in [-0.39, 0.29) is 16.9 Å². The minimum atomic E-state index is -0.545. The molecule has 0 fully saturated rings. The summed E-state index contributed by atoms with van der Waals surface area (Å²) < 4.78 is 29.7. The summed E-state index contributed by atoms with van der Waals surface area (Å²) in [5.74, 6) is -0.876. The molecular formula is C27H22ClF2N3OS. The Balaban J connectivity index is 1.48. The van der Waals surface area contributed by atoms with E-state index in [2.05, 4.69) is 9.88 Å². The third-order valence-electron chi connectivity index (χ3n) is 6.80. The molecule has 2 aromatic carbocycles. The van der Waals surface area contributed by atoms with E-state index in [1.54, 1.807) is 28.4 Å². The Bertz CT molecular complexity index is 1430. The third-order valence-corrected chi connectivity index (χ3v) is 8.42. The quantitative estimate of drug-likeness (QED) is 0.298. The molecule has 6 rings (SSSR count). The molecule has 2 amide bonds. The molecule has 4 aromatic rings. The number of aryl methyl sites for hydroxylation is 1. The zero-order valence-corrected chi connectivity index (χ0v) is 20.3. The number of rotatable bonds is 2. The number of halogens is 3. The number of amides is 2. The number of nitrogens with one attached hydrogen (secondary N) is 1. The minimum Gasteiger partial charge on any atom is -0.310 e. The van der Waals surface area contributed by atoms with Crippen LogP contribution in [0.5, 0.6) is 0 Å². The van der Waals surface area contributed by atoms with E-state index in [0.717, 1.165) is 35.5 Å². The van der Waals surface area contributed by atoms with Crippen LogP contribution in [0, 0.1) is 11.6 Å². The summed E-state index contributed by atoms with van der Waals surface area (Å²) >= 11 is 7.76. The molecule has 8 heteroatoms. The van der Waals surface area contributed by atoms with Crippen LogP contribution in [0.1, 0.15) is 46.1 Å². The zero-order valence-electron chi connectivity index (χ0n) is 18.7. The highest BCUT2D eigenvalue weighted by Crippen LogP contribution is 2.44. The molecule has 0 saturated carbocycles. The molecule has 1 unspecified atom stereocenters. The van der Waals surface area contributed by atoms with Gasteiger partial charge in [0.25, 0.3) is 0 Å². The van der Waals surface area contributed by atoms with Gasteiger partial charge < -0.3 is 14.8 Å². The molecule has 2 aromatic heterocycles. The highest BCUT2D eigenvalue weighted by molar-refractivity contribution is 7.15. The van der Waals surface area contributed by atoms with Crippen molar-refractivity contribution in [3.63, 3.8) is 0 Å². The number of carbonyl (C=O) groups is 1. The van der Waals surface area contributed by atoms with Gasteiger partial charge in [0.15, 0.2) is 0 Å². The van der Waals surface area contributed by atoms with Crippen LogP contribution >= 0.6 is 22.9 Å². The number of aromatic nitrogens is 1. The average molecular weight is 510 g/mol. The maximum atomic E-state index is 13.8. The van der Waals surface area contributed by atoms with Gasteiger partial charge in [-0.1, -0.05) is 23.7 Å². The maximum Gasteiger partial charge on any atom is 0.322 e. The van der Waals surface area contributed by atoms with Crippen molar-refractivity contribution in [1.29, 1.82) is 0 Å². The highest BCUT2D eigenvalue weighted by Gasteiger charge is 2.36. The lowest BCUT2D eigenvalue weighted by molar-refractivity contribution is 0.194. The molecule has 0 saturated heterocycles. The summed E-state index contributed by atoms with van der Waals surface area (Å²) in [4.78, 5) is 17.0. The number of benzene rings is 2. The number of thiophene rings is 1. The SMILES string of the molecule is O=C(Nc1ccc(F)c(Cl)c1)N1Cc2c(sc3c2CCCC3)-n2cccc2C1c1ccc(F)cc1. The first kappa shape index (κ1) is 22.3.